The molecule has 0 aliphatic carbocycles. The molecular weight excluding hydrogens is 235 g/mol. The Morgan fingerprint density at radius 1 is 1.29 bits per heavy atom. The number of nitrogens with zero attached hydrogens (tertiary/aromatic N) is 2. The lowest BCUT2D eigenvalue weighted by molar-refractivity contribution is -0.133. The molecule has 0 aliphatic rings. The molecular formula is C10H8F3N3O. The second-order valence-corrected chi connectivity index (χ2v) is 3.54. The van der Waals surface area contributed by atoms with Gasteiger partial charge in [0.2, 0.25) is 0 Å². The van der Waals surface area contributed by atoms with E-state index in [0.29, 0.717) is 11.0 Å². The van der Waals surface area contributed by atoms with Crippen molar-refractivity contribution in [2.75, 3.05) is 0 Å². The van der Waals surface area contributed by atoms with E-state index in [-0.39, 0.29) is 5.56 Å². The van der Waals surface area contributed by atoms with Gasteiger partial charge in [0.1, 0.15) is 11.0 Å². The molecule has 0 aliphatic heterocycles. The summed E-state index contributed by atoms with van der Waals surface area (Å²) in [6.07, 6.45) is -6.02. The standard InChI is InChI=1S/C10H8F3N3O/c11-10(12,13)5-4-8(17)6-2-1-3-7-9(6)15-16-14-7/h1-3H,4-5H2,(H,14,15,16). The average molecular weight is 243 g/mol. The Labute approximate surface area is 93.8 Å². The van der Waals surface area contributed by atoms with Crippen molar-refractivity contribution in [1.82, 2.24) is 15.4 Å². The number of carbonyl (C=O) groups excluding carboxylic acids is 1. The predicted molar refractivity (Wildman–Crippen MR) is 53.5 cm³/mol. The largest absolute Gasteiger partial charge is 0.389 e. The van der Waals surface area contributed by atoms with Crippen LogP contribution in [-0.4, -0.2) is 27.4 Å². The summed E-state index contributed by atoms with van der Waals surface area (Å²) < 4.78 is 36.0. The zero-order chi connectivity index (χ0) is 12.5. The normalized spacial score (nSPS) is 11.9. The molecule has 2 aromatic rings. The molecule has 4 nitrogen and oxygen atoms in total. The van der Waals surface area contributed by atoms with E-state index in [9.17, 15) is 18.0 Å². The van der Waals surface area contributed by atoms with Gasteiger partial charge in [-0.2, -0.15) is 28.6 Å². The number of hydrogen-bond donors (Lipinski definition) is 1. The molecule has 90 valence electrons. The van der Waals surface area contributed by atoms with Crippen LogP contribution in [0.2, 0.25) is 0 Å². The minimum Gasteiger partial charge on any atom is -0.294 e. The van der Waals surface area contributed by atoms with Crippen molar-refractivity contribution < 1.29 is 18.0 Å². The monoisotopic (exact) mass is 243 g/mol. The van der Waals surface area contributed by atoms with Crippen LogP contribution in [-0.2, 0) is 0 Å². The summed E-state index contributed by atoms with van der Waals surface area (Å²) >= 11 is 0. The lowest BCUT2D eigenvalue weighted by atomic mass is 10.1. The van der Waals surface area contributed by atoms with Gasteiger partial charge in [0.05, 0.1) is 6.42 Å². The number of Topliss-reactive ketones (excluding diaryl/α,β-unsaturated/α-hetero) is 1. The Kier molecular flexibility index (Phi) is 2.83. The third-order valence-corrected chi connectivity index (χ3v) is 2.28. The highest BCUT2D eigenvalue weighted by Crippen LogP contribution is 2.24. The fourth-order valence-electron chi connectivity index (χ4n) is 1.48. The Morgan fingerprint density at radius 3 is 2.76 bits per heavy atom. The molecule has 17 heavy (non-hydrogen) atoms. The number of carbonyl (C=O) groups is 1. The summed E-state index contributed by atoms with van der Waals surface area (Å²) in [5.74, 6) is -0.582. The quantitative estimate of drug-likeness (QED) is 0.842. The first-order valence-electron chi connectivity index (χ1n) is 4.87. The zero-order valence-corrected chi connectivity index (χ0v) is 8.58. The van der Waals surface area contributed by atoms with Crippen molar-refractivity contribution in [3.05, 3.63) is 23.8 Å². The van der Waals surface area contributed by atoms with Gasteiger partial charge in [-0.15, -0.1) is 0 Å². The van der Waals surface area contributed by atoms with E-state index in [4.69, 9.17) is 0 Å². The first-order valence-corrected chi connectivity index (χ1v) is 4.87. The minimum atomic E-state index is -4.33. The maximum atomic E-state index is 12.0. The van der Waals surface area contributed by atoms with Crippen LogP contribution in [0.1, 0.15) is 23.2 Å². The summed E-state index contributed by atoms with van der Waals surface area (Å²) in [6.45, 7) is 0. The van der Waals surface area contributed by atoms with E-state index < -0.39 is 24.8 Å². The maximum Gasteiger partial charge on any atom is 0.389 e. The van der Waals surface area contributed by atoms with E-state index in [2.05, 4.69) is 15.4 Å². The van der Waals surface area contributed by atoms with Crippen molar-refractivity contribution in [1.29, 1.82) is 0 Å². The Hall–Kier alpha value is -1.92. The molecule has 0 saturated heterocycles. The predicted octanol–water partition coefficient (Wildman–Crippen LogP) is 2.48. The Morgan fingerprint density at radius 2 is 2.06 bits per heavy atom. The number of nitrogens with one attached hydrogen (secondary N) is 1. The van der Waals surface area contributed by atoms with Gasteiger partial charge in [0, 0.05) is 12.0 Å². The van der Waals surface area contributed by atoms with E-state index >= 15 is 0 Å². The highest BCUT2D eigenvalue weighted by molar-refractivity contribution is 6.05. The Balaban J connectivity index is 2.22. The summed E-state index contributed by atoms with van der Waals surface area (Å²) in [7, 11) is 0. The number of rotatable bonds is 3. The fourth-order valence-corrected chi connectivity index (χ4v) is 1.48. The number of ketones is 1. The summed E-state index contributed by atoms with van der Waals surface area (Å²) in [5.41, 5.74) is 0.933. The van der Waals surface area contributed by atoms with Crippen LogP contribution in [0.5, 0.6) is 0 Å². The Bertz CT molecular complexity index is 547. The number of aromatic nitrogens is 3. The fraction of sp³-hybridized carbons (Fsp3) is 0.300. The van der Waals surface area contributed by atoms with Crippen molar-refractivity contribution in [2.24, 2.45) is 0 Å². The molecule has 0 amide bonds. The first-order chi connectivity index (χ1) is 7.97. The SMILES string of the molecule is O=C(CCC(F)(F)F)c1cccc2n[nH]nc12. The lowest BCUT2D eigenvalue weighted by Crippen LogP contribution is -2.11. The van der Waals surface area contributed by atoms with E-state index in [1.54, 1.807) is 12.1 Å². The molecule has 2 rings (SSSR count). The number of H-pyrrole nitrogens is 1. The van der Waals surface area contributed by atoms with Gasteiger partial charge in [0.25, 0.3) is 0 Å². The molecule has 0 saturated carbocycles. The average Bonchev–Trinajstić information content (AvgIpc) is 2.72. The zero-order valence-electron chi connectivity index (χ0n) is 8.58. The summed E-state index contributed by atoms with van der Waals surface area (Å²) in [5, 5.41) is 9.84. The molecule has 0 atom stereocenters. The number of para-hydroxylation sites is 1. The smallest absolute Gasteiger partial charge is 0.294 e. The van der Waals surface area contributed by atoms with Gasteiger partial charge in [-0.1, -0.05) is 6.07 Å². The number of hydrogen-bond acceptors (Lipinski definition) is 3. The molecule has 1 aromatic carbocycles. The van der Waals surface area contributed by atoms with Gasteiger partial charge in [-0.3, -0.25) is 4.79 Å². The topological polar surface area (TPSA) is 58.6 Å². The molecule has 1 aromatic heterocycles. The van der Waals surface area contributed by atoms with Crippen molar-refractivity contribution in [2.45, 2.75) is 19.0 Å². The first kappa shape index (κ1) is 11.6. The number of fused-ring (bicyclic) bond motifs is 1. The third kappa shape index (κ3) is 2.61. The highest BCUT2D eigenvalue weighted by Gasteiger charge is 2.28. The van der Waals surface area contributed by atoms with Crippen LogP contribution in [0.3, 0.4) is 0 Å². The van der Waals surface area contributed by atoms with E-state index in [1.165, 1.54) is 6.07 Å². The molecule has 0 fully saturated rings. The van der Waals surface area contributed by atoms with Gasteiger partial charge < -0.3 is 0 Å². The van der Waals surface area contributed by atoms with E-state index in [1.807, 2.05) is 0 Å². The van der Waals surface area contributed by atoms with Crippen LogP contribution >= 0.6 is 0 Å². The minimum absolute atomic E-state index is 0.167. The van der Waals surface area contributed by atoms with Crippen LogP contribution in [0.15, 0.2) is 18.2 Å². The lowest BCUT2D eigenvalue weighted by Gasteiger charge is -2.05. The van der Waals surface area contributed by atoms with Crippen LogP contribution < -0.4 is 0 Å². The number of aromatic amines is 1. The second-order valence-electron chi connectivity index (χ2n) is 3.54. The van der Waals surface area contributed by atoms with Crippen LogP contribution in [0, 0.1) is 0 Å². The molecule has 7 heteroatoms. The molecule has 1 N–H and O–H groups in total. The van der Waals surface area contributed by atoms with Crippen LogP contribution in [0.4, 0.5) is 13.2 Å². The second kappa shape index (κ2) is 4.15. The van der Waals surface area contributed by atoms with Crippen molar-refractivity contribution >= 4 is 16.8 Å². The maximum absolute atomic E-state index is 12.0. The molecule has 0 unspecified atom stereocenters. The van der Waals surface area contributed by atoms with Crippen LogP contribution in [0.25, 0.3) is 11.0 Å². The van der Waals surface area contributed by atoms with Crippen molar-refractivity contribution in [3.8, 4) is 0 Å². The highest BCUT2D eigenvalue weighted by atomic mass is 19.4. The summed E-state index contributed by atoms with van der Waals surface area (Å²) in [6, 6.07) is 4.63. The van der Waals surface area contributed by atoms with E-state index in [0.717, 1.165) is 0 Å². The van der Waals surface area contributed by atoms with Gasteiger partial charge >= 0.3 is 6.18 Å². The molecule has 0 bridgehead atoms. The third-order valence-electron chi connectivity index (χ3n) is 2.28. The molecule has 1 heterocycles. The van der Waals surface area contributed by atoms with Crippen molar-refractivity contribution in [3.63, 3.8) is 0 Å². The molecule has 0 radical (unpaired) electrons. The number of alkyl halides is 3. The van der Waals surface area contributed by atoms with Gasteiger partial charge in [-0.05, 0) is 12.1 Å². The molecule has 0 spiro atoms. The number of halogens is 3. The summed E-state index contributed by atoms with van der Waals surface area (Å²) in [4.78, 5) is 11.6. The number of benzene rings is 1. The van der Waals surface area contributed by atoms with Gasteiger partial charge in [-0.25, -0.2) is 0 Å². The van der Waals surface area contributed by atoms with Gasteiger partial charge in [0.15, 0.2) is 5.78 Å².